The van der Waals surface area contributed by atoms with Crippen LogP contribution < -0.4 is 16.0 Å². The van der Waals surface area contributed by atoms with E-state index in [2.05, 4.69) is 0 Å². The molecular weight excluding hydrogens is 417 g/mol. The fourth-order valence-electron chi connectivity index (χ4n) is 3.46. The van der Waals surface area contributed by atoms with Gasteiger partial charge in [0.05, 0.1) is 26.9 Å². The van der Waals surface area contributed by atoms with Crippen molar-refractivity contribution in [3.8, 4) is 5.75 Å². The summed E-state index contributed by atoms with van der Waals surface area (Å²) in [6.45, 7) is -1.90. The highest BCUT2D eigenvalue weighted by Crippen LogP contribution is 2.40. The van der Waals surface area contributed by atoms with Crippen molar-refractivity contribution in [1.82, 2.24) is 14.6 Å². The van der Waals surface area contributed by atoms with Crippen molar-refractivity contribution >= 4 is 0 Å². The molecule has 0 radical (unpaired) electrons. The van der Waals surface area contributed by atoms with Gasteiger partial charge in [-0.15, -0.1) is 5.06 Å². The molecule has 1 aliphatic rings. The average Bonchev–Trinajstić information content (AvgIpc) is 3.02. The number of halogens is 1. The standard InChI is InChI=1S/C19H24FN3O8/c1-30-13-4-2-11(3-5-13)8-23(29)19(28)15(25)14(10-24)31-17(19)22-9-12(6-7-20)16(26)21-18(22)27/h2-5,9,14-15,17,24-25,28-29H,6-8,10H2,1H3,(H,21,26,27)/t14-,15-,17?,19-/m1/s1. The van der Waals surface area contributed by atoms with E-state index in [0.717, 1.165) is 10.8 Å². The first-order valence-electron chi connectivity index (χ1n) is 9.42. The number of nitrogens with one attached hydrogen (secondary N) is 1. The molecule has 0 aliphatic carbocycles. The van der Waals surface area contributed by atoms with Gasteiger partial charge in [0.2, 0.25) is 5.72 Å². The Morgan fingerprint density at radius 3 is 2.58 bits per heavy atom. The van der Waals surface area contributed by atoms with Gasteiger partial charge in [0.15, 0.2) is 6.23 Å². The number of hydrogen-bond donors (Lipinski definition) is 5. The molecular formula is C19H24FN3O8. The van der Waals surface area contributed by atoms with Gasteiger partial charge < -0.3 is 30.0 Å². The van der Waals surface area contributed by atoms with Crippen LogP contribution in [0, 0.1) is 0 Å². The third kappa shape index (κ3) is 4.26. The number of ether oxygens (including phenoxy) is 2. The SMILES string of the molecule is COc1ccc(CN(O)[C@]2(O)C(n3cc(CCF)c(=O)[nH]c3=O)O[C@H](CO)[C@H]2O)cc1. The number of benzene rings is 1. The van der Waals surface area contributed by atoms with E-state index in [4.69, 9.17) is 9.47 Å². The Bertz CT molecular complexity index is 1010. The van der Waals surface area contributed by atoms with E-state index in [9.17, 15) is 34.5 Å². The fourth-order valence-corrected chi connectivity index (χ4v) is 3.46. The molecule has 1 aliphatic heterocycles. The van der Waals surface area contributed by atoms with Gasteiger partial charge in [-0.25, -0.2) is 4.79 Å². The summed E-state index contributed by atoms with van der Waals surface area (Å²) in [5.41, 5.74) is -4.00. The fraction of sp³-hybridized carbons (Fsp3) is 0.474. The minimum atomic E-state index is -2.59. The van der Waals surface area contributed by atoms with Crippen LogP contribution in [0.25, 0.3) is 0 Å². The van der Waals surface area contributed by atoms with Crippen molar-refractivity contribution in [3.05, 3.63) is 62.4 Å². The Kier molecular flexibility index (Phi) is 6.89. The minimum absolute atomic E-state index is 0.102. The van der Waals surface area contributed by atoms with Gasteiger partial charge in [-0.3, -0.25) is 18.7 Å². The number of aliphatic hydroxyl groups is 3. The normalized spacial score (nSPS) is 25.8. The second-order valence-electron chi connectivity index (χ2n) is 7.10. The molecule has 1 fully saturated rings. The number of aromatic amines is 1. The summed E-state index contributed by atoms with van der Waals surface area (Å²) < 4.78 is 24.0. The van der Waals surface area contributed by atoms with Gasteiger partial charge in [-0.05, 0) is 17.7 Å². The number of hydrogen-bond acceptors (Lipinski definition) is 9. The highest BCUT2D eigenvalue weighted by molar-refractivity contribution is 5.27. The molecule has 1 unspecified atom stereocenters. The summed E-state index contributed by atoms with van der Waals surface area (Å²) in [4.78, 5) is 26.3. The van der Waals surface area contributed by atoms with Crippen LogP contribution in [0.1, 0.15) is 17.4 Å². The van der Waals surface area contributed by atoms with Gasteiger partial charge >= 0.3 is 5.69 Å². The Labute approximate surface area is 175 Å². The third-order valence-electron chi connectivity index (χ3n) is 5.20. The zero-order valence-corrected chi connectivity index (χ0v) is 16.6. The number of aliphatic hydroxyl groups excluding tert-OH is 2. The summed E-state index contributed by atoms with van der Waals surface area (Å²) in [6, 6.07) is 6.46. The number of rotatable bonds is 8. The molecule has 0 saturated carbocycles. The van der Waals surface area contributed by atoms with E-state index >= 15 is 0 Å². The molecule has 11 nitrogen and oxygen atoms in total. The number of nitrogens with zero attached hydrogens (tertiary/aromatic N) is 2. The van der Waals surface area contributed by atoms with Crippen LogP contribution in [0.2, 0.25) is 0 Å². The number of hydroxylamine groups is 2. The number of H-pyrrole nitrogens is 1. The monoisotopic (exact) mass is 441 g/mol. The molecule has 4 atom stereocenters. The Balaban J connectivity index is 2.01. The first-order chi connectivity index (χ1) is 14.8. The lowest BCUT2D eigenvalue weighted by Crippen LogP contribution is -2.59. The van der Waals surface area contributed by atoms with E-state index in [1.54, 1.807) is 24.3 Å². The van der Waals surface area contributed by atoms with Crippen LogP contribution in [-0.4, -0.2) is 73.5 Å². The van der Waals surface area contributed by atoms with E-state index in [0.29, 0.717) is 16.4 Å². The molecule has 1 saturated heterocycles. The predicted molar refractivity (Wildman–Crippen MR) is 103 cm³/mol. The van der Waals surface area contributed by atoms with Crippen LogP contribution in [-0.2, 0) is 17.7 Å². The van der Waals surface area contributed by atoms with Crippen LogP contribution in [0.4, 0.5) is 4.39 Å². The van der Waals surface area contributed by atoms with E-state index in [-0.39, 0.29) is 18.5 Å². The lowest BCUT2D eigenvalue weighted by molar-refractivity contribution is -0.318. The number of alkyl halides is 1. The molecule has 5 N–H and O–H groups in total. The number of aromatic nitrogens is 2. The summed E-state index contributed by atoms with van der Waals surface area (Å²) in [5.74, 6) is 0.564. The summed E-state index contributed by atoms with van der Waals surface area (Å²) in [7, 11) is 1.49. The first kappa shape index (κ1) is 23.1. The van der Waals surface area contributed by atoms with Gasteiger partial charge in [-0.2, -0.15) is 0 Å². The molecule has 31 heavy (non-hydrogen) atoms. The topological polar surface area (TPSA) is 157 Å². The summed E-state index contributed by atoms with van der Waals surface area (Å²) >= 11 is 0. The molecule has 0 amide bonds. The van der Waals surface area contributed by atoms with Crippen LogP contribution in [0.15, 0.2) is 40.1 Å². The van der Waals surface area contributed by atoms with E-state index in [1.807, 2.05) is 4.98 Å². The van der Waals surface area contributed by atoms with Gasteiger partial charge in [0, 0.05) is 18.2 Å². The molecule has 12 heteroatoms. The van der Waals surface area contributed by atoms with Gasteiger partial charge in [0.25, 0.3) is 5.56 Å². The second kappa shape index (κ2) is 9.26. The first-order valence-corrected chi connectivity index (χ1v) is 9.42. The molecule has 170 valence electrons. The Morgan fingerprint density at radius 1 is 1.32 bits per heavy atom. The summed E-state index contributed by atoms with van der Waals surface area (Å²) in [6.07, 6.45) is -4.24. The maximum atomic E-state index is 12.8. The molecule has 0 spiro atoms. The van der Waals surface area contributed by atoms with E-state index < -0.39 is 48.7 Å². The quantitative estimate of drug-likeness (QED) is 0.253. The second-order valence-corrected chi connectivity index (χ2v) is 7.10. The Hall–Kier alpha value is -2.61. The predicted octanol–water partition coefficient (Wildman–Crippen LogP) is -1.11. The zero-order valence-electron chi connectivity index (χ0n) is 16.6. The van der Waals surface area contributed by atoms with Crippen molar-refractivity contribution in [2.75, 3.05) is 20.4 Å². The van der Waals surface area contributed by atoms with Crippen LogP contribution in [0.3, 0.4) is 0 Å². The minimum Gasteiger partial charge on any atom is -0.497 e. The number of methoxy groups -OCH3 is 1. The van der Waals surface area contributed by atoms with Crippen molar-refractivity contribution in [2.24, 2.45) is 0 Å². The zero-order chi connectivity index (χ0) is 22.8. The molecule has 0 bridgehead atoms. The molecule has 2 heterocycles. The molecule has 1 aromatic heterocycles. The van der Waals surface area contributed by atoms with Crippen molar-refractivity contribution in [2.45, 2.75) is 37.1 Å². The van der Waals surface area contributed by atoms with Gasteiger partial charge in [0.1, 0.15) is 18.0 Å². The Morgan fingerprint density at radius 2 is 2.00 bits per heavy atom. The summed E-state index contributed by atoms with van der Waals surface area (Å²) in [5, 5.41) is 42.4. The highest BCUT2D eigenvalue weighted by atomic mass is 19.1. The molecule has 2 aromatic rings. The highest BCUT2D eigenvalue weighted by Gasteiger charge is 2.60. The van der Waals surface area contributed by atoms with Crippen molar-refractivity contribution in [1.29, 1.82) is 0 Å². The maximum Gasteiger partial charge on any atom is 0.330 e. The smallest absolute Gasteiger partial charge is 0.330 e. The van der Waals surface area contributed by atoms with Gasteiger partial charge in [-0.1, -0.05) is 12.1 Å². The number of aryl methyl sites for hydroxylation is 1. The van der Waals surface area contributed by atoms with E-state index in [1.165, 1.54) is 7.11 Å². The van der Waals surface area contributed by atoms with Crippen LogP contribution in [0.5, 0.6) is 5.75 Å². The van der Waals surface area contributed by atoms with Crippen LogP contribution >= 0.6 is 0 Å². The lowest BCUT2D eigenvalue weighted by atomic mass is 10.0. The molecule has 3 rings (SSSR count). The average molecular weight is 441 g/mol. The molecule has 1 aromatic carbocycles. The van der Waals surface area contributed by atoms with Crippen molar-refractivity contribution in [3.63, 3.8) is 0 Å². The maximum absolute atomic E-state index is 12.8. The van der Waals surface area contributed by atoms with Crippen molar-refractivity contribution < 1.29 is 34.4 Å². The lowest BCUT2D eigenvalue weighted by Gasteiger charge is -2.37. The third-order valence-corrected chi connectivity index (χ3v) is 5.20. The largest absolute Gasteiger partial charge is 0.497 e.